The second-order valence-corrected chi connectivity index (χ2v) is 7.56. The lowest BCUT2D eigenvalue weighted by Gasteiger charge is -2.35. The second kappa shape index (κ2) is 6.88. The Hall–Kier alpha value is -2.54. The molecule has 2 fully saturated rings. The predicted molar refractivity (Wildman–Crippen MR) is 103 cm³/mol. The monoisotopic (exact) mass is 367 g/mol. The molecule has 1 saturated heterocycles. The van der Waals surface area contributed by atoms with Crippen molar-refractivity contribution in [2.75, 3.05) is 43.2 Å². The molecule has 1 aromatic carbocycles. The zero-order valence-electron chi connectivity index (χ0n) is 15.6. The Morgan fingerprint density at radius 3 is 2.67 bits per heavy atom. The van der Waals surface area contributed by atoms with E-state index >= 15 is 0 Å². The summed E-state index contributed by atoms with van der Waals surface area (Å²) in [5.74, 6) is 3.51. The summed E-state index contributed by atoms with van der Waals surface area (Å²) in [5, 5.41) is 3.42. The number of hydrogen-bond donors (Lipinski definition) is 1. The van der Waals surface area contributed by atoms with E-state index in [0.717, 1.165) is 61.7 Å². The van der Waals surface area contributed by atoms with Gasteiger partial charge in [0.25, 0.3) is 0 Å². The summed E-state index contributed by atoms with van der Waals surface area (Å²) in [6.45, 7) is 7.29. The number of fused-ring (bicyclic) bond motifs is 1. The Kier molecular flexibility index (Phi) is 4.24. The van der Waals surface area contributed by atoms with Gasteiger partial charge in [0.2, 0.25) is 12.7 Å². The molecule has 0 radical (unpaired) electrons. The van der Waals surface area contributed by atoms with Crippen LogP contribution in [0.25, 0.3) is 0 Å². The largest absolute Gasteiger partial charge is 0.454 e. The van der Waals surface area contributed by atoms with Crippen molar-refractivity contribution < 1.29 is 9.47 Å². The number of rotatable bonds is 5. The maximum absolute atomic E-state index is 5.49. The number of aryl methyl sites for hydroxylation is 1. The van der Waals surface area contributed by atoms with Crippen molar-refractivity contribution in [3.63, 3.8) is 0 Å². The van der Waals surface area contributed by atoms with Gasteiger partial charge in [0.15, 0.2) is 11.5 Å². The van der Waals surface area contributed by atoms with Crippen molar-refractivity contribution >= 4 is 11.8 Å². The van der Waals surface area contributed by atoms with E-state index in [9.17, 15) is 0 Å². The molecule has 5 rings (SSSR count). The molecule has 1 N–H and O–H groups in total. The van der Waals surface area contributed by atoms with Crippen molar-refractivity contribution in [2.45, 2.75) is 32.4 Å². The van der Waals surface area contributed by atoms with Crippen LogP contribution >= 0.6 is 0 Å². The molecule has 7 heteroatoms. The summed E-state index contributed by atoms with van der Waals surface area (Å²) >= 11 is 0. The fourth-order valence-corrected chi connectivity index (χ4v) is 3.62. The van der Waals surface area contributed by atoms with Gasteiger partial charge in [-0.15, -0.1) is 0 Å². The number of piperazine rings is 1. The van der Waals surface area contributed by atoms with Gasteiger partial charge >= 0.3 is 0 Å². The lowest BCUT2D eigenvalue weighted by atomic mass is 10.1. The van der Waals surface area contributed by atoms with Crippen molar-refractivity contribution in [1.82, 2.24) is 14.9 Å². The number of benzene rings is 1. The molecular formula is C20H25N5O2. The van der Waals surface area contributed by atoms with Crippen LogP contribution in [-0.2, 0) is 6.54 Å². The smallest absolute Gasteiger partial charge is 0.231 e. The summed E-state index contributed by atoms with van der Waals surface area (Å²) in [7, 11) is 0. The normalized spacial score (nSPS) is 19.4. The summed E-state index contributed by atoms with van der Waals surface area (Å²) < 4.78 is 10.9. The van der Waals surface area contributed by atoms with Crippen LogP contribution in [-0.4, -0.2) is 53.9 Å². The van der Waals surface area contributed by atoms with Crippen molar-refractivity contribution in [2.24, 2.45) is 0 Å². The van der Waals surface area contributed by atoms with E-state index < -0.39 is 0 Å². The first-order valence-electron chi connectivity index (χ1n) is 9.71. The number of aromatic nitrogens is 2. The minimum atomic E-state index is 0.327. The van der Waals surface area contributed by atoms with Gasteiger partial charge < -0.3 is 19.7 Å². The Labute approximate surface area is 159 Å². The first-order valence-corrected chi connectivity index (χ1v) is 9.71. The van der Waals surface area contributed by atoms with Gasteiger partial charge in [-0.05, 0) is 37.5 Å². The number of anilines is 2. The third kappa shape index (κ3) is 3.78. The highest BCUT2D eigenvalue weighted by Crippen LogP contribution is 2.33. The van der Waals surface area contributed by atoms with Gasteiger partial charge in [-0.2, -0.15) is 4.98 Å². The van der Waals surface area contributed by atoms with Gasteiger partial charge in [-0.3, -0.25) is 4.90 Å². The Morgan fingerprint density at radius 1 is 1.04 bits per heavy atom. The summed E-state index contributed by atoms with van der Waals surface area (Å²) in [4.78, 5) is 14.1. The second-order valence-electron chi connectivity index (χ2n) is 7.56. The number of hydrogen-bond acceptors (Lipinski definition) is 7. The molecule has 3 heterocycles. The molecule has 1 saturated carbocycles. The third-order valence-electron chi connectivity index (χ3n) is 5.29. The van der Waals surface area contributed by atoms with Gasteiger partial charge in [-0.1, -0.05) is 6.07 Å². The lowest BCUT2D eigenvalue weighted by molar-refractivity contribution is 0.174. The SMILES string of the molecule is Cc1cc(N2CCN(Cc3ccc4c(c3)OCO4)CC2)nc(NC2CC2)n1. The quantitative estimate of drug-likeness (QED) is 0.871. The summed E-state index contributed by atoms with van der Waals surface area (Å²) in [5.41, 5.74) is 2.28. The zero-order chi connectivity index (χ0) is 18.2. The van der Waals surface area contributed by atoms with Crippen molar-refractivity contribution in [3.8, 4) is 11.5 Å². The molecular weight excluding hydrogens is 342 g/mol. The highest BCUT2D eigenvalue weighted by molar-refractivity contribution is 5.46. The van der Waals surface area contributed by atoms with Gasteiger partial charge in [0, 0.05) is 50.5 Å². The molecule has 2 aliphatic heterocycles. The fourth-order valence-electron chi connectivity index (χ4n) is 3.62. The van der Waals surface area contributed by atoms with E-state index in [1.54, 1.807) is 0 Å². The molecule has 3 aliphatic rings. The van der Waals surface area contributed by atoms with Crippen molar-refractivity contribution in [1.29, 1.82) is 0 Å². The molecule has 0 atom stereocenters. The Bertz CT molecular complexity index is 831. The third-order valence-corrected chi connectivity index (χ3v) is 5.29. The maximum atomic E-state index is 5.49. The summed E-state index contributed by atoms with van der Waals surface area (Å²) in [6, 6.07) is 8.89. The fraction of sp³-hybridized carbons (Fsp3) is 0.500. The van der Waals surface area contributed by atoms with E-state index in [1.165, 1.54) is 18.4 Å². The van der Waals surface area contributed by atoms with E-state index in [-0.39, 0.29) is 0 Å². The van der Waals surface area contributed by atoms with Crippen LogP contribution in [0.15, 0.2) is 24.3 Å². The molecule has 7 nitrogen and oxygen atoms in total. The van der Waals surface area contributed by atoms with Crippen LogP contribution < -0.4 is 19.7 Å². The highest BCUT2D eigenvalue weighted by Gasteiger charge is 2.24. The standard InChI is InChI=1S/C20H25N5O2/c1-14-10-19(23-20(21-14)22-16-3-4-16)25-8-6-24(7-9-25)12-15-2-5-17-18(11-15)27-13-26-17/h2,5,10-11,16H,3-4,6-9,12-13H2,1H3,(H,21,22,23). The molecule has 2 aromatic rings. The van der Waals surface area contributed by atoms with Crippen LogP contribution in [0.3, 0.4) is 0 Å². The number of ether oxygens (including phenoxy) is 2. The molecule has 0 bridgehead atoms. The molecule has 0 spiro atoms. The van der Waals surface area contributed by atoms with E-state index in [0.29, 0.717) is 12.8 Å². The molecule has 0 unspecified atom stereocenters. The van der Waals surface area contributed by atoms with Gasteiger partial charge in [0.1, 0.15) is 5.82 Å². The molecule has 0 amide bonds. The first-order chi connectivity index (χ1) is 13.2. The zero-order valence-corrected chi connectivity index (χ0v) is 15.6. The van der Waals surface area contributed by atoms with E-state index in [1.807, 2.05) is 13.0 Å². The summed E-state index contributed by atoms with van der Waals surface area (Å²) in [6.07, 6.45) is 2.45. The topological polar surface area (TPSA) is 62.8 Å². The van der Waals surface area contributed by atoms with Crippen LogP contribution in [0.2, 0.25) is 0 Å². The predicted octanol–water partition coefficient (Wildman–Crippen LogP) is 2.41. The minimum absolute atomic E-state index is 0.327. The molecule has 27 heavy (non-hydrogen) atoms. The van der Waals surface area contributed by atoms with Gasteiger partial charge in [-0.25, -0.2) is 4.98 Å². The van der Waals surface area contributed by atoms with E-state index in [2.05, 4.69) is 38.3 Å². The number of nitrogens with one attached hydrogen (secondary N) is 1. The van der Waals surface area contributed by atoms with E-state index in [4.69, 9.17) is 14.5 Å². The number of nitrogens with zero attached hydrogens (tertiary/aromatic N) is 4. The lowest BCUT2D eigenvalue weighted by Crippen LogP contribution is -2.46. The van der Waals surface area contributed by atoms with Crippen LogP contribution in [0, 0.1) is 6.92 Å². The van der Waals surface area contributed by atoms with Crippen LogP contribution in [0.1, 0.15) is 24.1 Å². The minimum Gasteiger partial charge on any atom is -0.454 e. The van der Waals surface area contributed by atoms with Gasteiger partial charge in [0.05, 0.1) is 0 Å². The molecule has 142 valence electrons. The van der Waals surface area contributed by atoms with Crippen LogP contribution in [0.5, 0.6) is 11.5 Å². The Morgan fingerprint density at radius 2 is 1.85 bits per heavy atom. The molecule has 1 aromatic heterocycles. The average molecular weight is 367 g/mol. The molecule has 1 aliphatic carbocycles. The highest BCUT2D eigenvalue weighted by atomic mass is 16.7. The Balaban J connectivity index is 1.20. The maximum Gasteiger partial charge on any atom is 0.231 e. The average Bonchev–Trinajstić information content (AvgIpc) is 3.35. The van der Waals surface area contributed by atoms with Crippen LogP contribution in [0.4, 0.5) is 11.8 Å². The van der Waals surface area contributed by atoms with Crippen molar-refractivity contribution in [3.05, 3.63) is 35.5 Å². The first kappa shape index (κ1) is 16.6.